The predicted molar refractivity (Wildman–Crippen MR) is 96.8 cm³/mol. The van der Waals surface area contributed by atoms with E-state index in [1.165, 1.54) is 24.3 Å². The molecule has 0 aliphatic rings. The van der Waals surface area contributed by atoms with Crippen LogP contribution in [0.5, 0.6) is 5.75 Å². The minimum Gasteiger partial charge on any atom is -0.508 e. The highest BCUT2D eigenvalue weighted by Gasteiger charge is 2.27. The van der Waals surface area contributed by atoms with Crippen LogP contribution in [0, 0.1) is 0 Å². The number of carbonyl (C=O) groups is 4. The second kappa shape index (κ2) is 10.8. The van der Waals surface area contributed by atoms with Crippen LogP contribution in [0.4, 0.5) is 0 Å². The van der Waals surface area contributed by atoms with Crippen molar-refractivity contribution in [2.45, 2.75) is 37.4 Å². The fourth-order valence-corrected chi connectivity index (χ4v) is 2.24. The molecule has 0 aromatic heterocycles. The Morgan fingerprint density at radius 3 is 2.07 bits per heavy atom. The minimum absolute atomic E-state index is 0.00962. The smallest absolute Gasteiger partial charge is 0.326 e. The zero-order chi connectivity index (χ0) is 21.3. The van der Waals surface area contributed by atoms with Crippen LogP contribution in [-0.2, 0) is 25.6 Å². The van der Waals surface area contributed by atoms with E-state index in [0.717, 1.165) is 0 Å². The van der Waals surface area contributed by atoms with E-state index in [1.807, 2.05) is 0 Å². The number of carboxylic acids is 1. The first-order chi connectivity index (χ1) is 13.1. The van der Waals surface area contributed by atoms with Gasteiger partial charge in [0.1, 0.15) is 17.8 Å². The molecule has 9 N–H and O–H groups in total. The number of aliphatic carboxylic acids is 1. The summed E-state index contributed by atoms with van der Waals surface area (Å²) in [5.41, 5.74) is 11.1. The number of hydrogen-bond acceptors (Lipinski definition) is 7. The summed E-state index contributed by atoms with van der Waals surface area (Å²) in [6, 6.07) is 1.88. The summed E-state index contributed by atoms with van der Waals surface area (Å²) >= 11 is 0. The van der Waals surface area contributed by atoms with E-state index in [0.29, 0.717) is 5.56 Å². The Kier molecular flexibility index (Phi) is 8.85. The maximum absolute atomic E-state index is 12.3. The first kappa shape index (κ1) is 22.9. The molecule has 1 rings (SSSR count). The highest BCUT2D eigenvalue weighted by molar-refractivity contribution is 5.92. The molecular weight excluding hydrogens is 372 g/mol. The summed E-state index contributed by atoms with van der Waals surface area (Å²) in [4.78, 5) is 46.4. The van der Waals surface area contributed by atoms with Gasteiger partial charge in [0.15, 0.2) is 0 Å². The third-order valence-electron chi connectivity index (χ3n) is 3.84. The van der Waals surface area contributed by atoms with Crippen molar-refractivity contribution in [2.24, 2.45) is 11.5 Å². The number of aliphatic hydroxyl groups excluding tert-OH is 1. The molecule has 0 aliphatic heterocycles. The Morgan fingerprint density at radius 2 is 1.57 bits per heavy atom. The van der Waals surface area contributed by atoms with Gasteiger partial charge in [-0.2, -0.15) is 0 Å². The maximum atomic E-state index is 12.3. The number of aliphatic hydroxyl groups is 1. The standard InChI is InChI=1S/C17H24N4O7/c18-11(5-6-14(19)24)15(25)21-13(8-22)16(26)20-12(17(27)28)7-9-1-3-10(23)4-2-9/h1-4,11-13,22-23H,5-8,18H2,(H2,19,24)(H,20,26)(H,21,25)(H,27,28)/t11-,12-,13-/m0/s1. The molecule has 28 heavy (non-hydrogen) atoms. The minimum atomic E-state index is -1.42. The van der Waals surface area contributed by atoms with Gasteiger partial charge in [-0.3, -0.25) is 14.4 Å². The van der Waals surface area contributed by atoms with Crippen molar-refractivity contribution in [3.8, 4) is 5.75 Å². The van der Waals surface area contributed by atoms with Crippen LogP contribution in [0.25, 0.3) is 0 Å². The number of phenolic OH excluding ortho intramolecular Hbond substituents is 1. The third kappa shape index (κ3) is 7.60. The van der Waals surface area contributed by atoms with Crippen molar-refractivity contribution in [2.75, 3.05) is 6.61 Å². The van der Waals surface area contributed by atoms with Gasteiger partial charge in [-0.15, -0.1) is 0 Å². The van der Waals surface area contributed by atoms with Crippen molar-refractivity contribution < 1.29 is 34.5 Å². The SMILES string of the molecule is NC(=O)CC[C@H](N)C(=O)N[C@@H](CO)C(=O)N[C@@H](Cc1ccc(O)cc1)C(=O)O. The van der Waals surface area contributed by atoms with E-state index in [4.69, 9.17) is 11.5 Å². The van der Waals surface area contributed by atoms with Crippen LogP contribution in [0.2, 0.25) is 0 Å². The number of amides is 3. The Balaban J connectivity index is 2.70. The van der Waals surface area contributed by atoms with Crippen LogP contribution in [0.3, 0.4) is 0 Å². The fraction of sp³-hybridized carbons (Fsp3) is 0.412. The van der Waals surface area contributed by atoms with Gasteiger partial charge in [0, 0.05) is 12.8 Å². The van der Waals surface area contributed by atoms with E-state index < -0.39 is 48.4 Å². The second-order valence-corrected chi connectivity index (χ2v) is 6.13. The van der Waals surface area contributed by atoms with Crippen LogP contribution < -0.4 is 22.1 Å². The Hall–Kier alpha value is -3.18. The number of carboxylic acid groups (broad SMARTS) is 1. The molecule has 11 heteroatoms. The number of nitrogens with one attached hydrogen (secondary N) is 2. The highest BCUT2D eigenvalue weighted by atomic mass is 16.4. The molecule has 0 radical (unpaired) electrons. The second-order valence-electron chi connectivity index (χ2n) is 6.13. The van der Waals surface area contributed by atoms with Crippen molar-refractivity contribution in [1.82, 2.24) is 10.6 Å². The highest BCUT2D eigenvalue weighted by Crippen LogP contribution is 2.11. The lowest BCUT2D eigenvalue weighted by molar-refractivity contribution is -0.142. The first-order valence-corrected chi connectivity index (χ1v) is 8.40. The lowest BCUT2D eigenvalue weighted by atomic mass is 10.1. The molecule has 154 valence electrons. The van der Waals surface area contributed by atoms with Crippen LogP contribution >= 0.6 is 0 Å². The number of nitrogens with two attached hydrogens (primary N) is 2. The van der Waals surface area contributed by atoms with Gasteiger partial charge < -0.3 is 37.4 Å². The van der Waals surface area contributed by atoms with Gasteiger partial charge >= 0.3 is 5.97 Å². The molecule has 1 aromatic rings. The molecule has 0 heterocycles. The van der Waals surface area contributed by atoms with Crippen molar-refractivity contribution in [3.05, 3.63) is 29.8 Å². The van der Waals surface area contributed by atoms with Crippen LogP contribution in [-0.4, -0.2) is 63.7 Å². The van der Waals surface area contributed by atoms with Crippen molar-refractivity contribution in [1.29, 1.82) is 0 Å². The number of primary amides is 1. The van der Waals surface area contributed by atoms with E-state index in [2.05, 4.69) is 10.6 Å². The average Bonchev–Trinajstić information content (AvgIpc) is 2.64. The topological polar surface area (TPSA) is 205 Å². The average molecular weight is 396 g/mol. The monoisotopic (exact) mass is 396 g/mol. The van der Waals surface area contributed by atoms with Gasteiger partial charge in [0.05, 0.1) is 12.6 Å². The number of phenols is 1. The molecule has 0 fully saturated rings. The van der Waals surface area contributed by atoms with E-state index in [-0.39, 0.29) is 25.0 Å². The van der Waals surface area contributed by atoms with Crippen molar-refractivity contribution in [3.63, 3.8) is 0 Å². The molecule has 0 saturated heterocycles. The molecule has 11 nitrogen and oxygen atoms in total. The quantitative estimate of drug-likeness (QED) is 0.214. The van der Waals surface area contributed by atoms with Gasteiger partial charge in [-0.05, 0) is 24.1 Å². The zero-order valence-corrected chi connectivity index (χ0v) is 15.0. The summed E-state index contributed by atoms with van der Waals surface area (Å²) in [6.45, 7) is -0.786. The number of hydrogen-bond donors (Lipinski definition) is 7. The molecule has 0 bridgehead atoms. The molecule has 3 amide bonds. The summed E-state index contributed by atoms with van der Waals surface area (Å²) in [5, 5.41) is 32.4. The largest absolute Gasteiger partial charge is 0.508 e. The first-order valence-electron chi connectivity index (χ1n) is 8.40. The van der Waals surface area contributed by atoms with Gasteiger partial charge in [-0.25, -0.2) is 4.79 Å². The summed E-state index contributed by atoms with van der Waals surface area (Å²) in [5.74, 6) is -3.65. The van der Waals surface area contributed by atoms with E-state index in [9.17, 15) is 34.5 Å². The van der Waals surface area contributed by atoms with E-state index in [1.54, 1.807) is 0 Å². The third-order valence-corrected chi connectivity index (χ3v) is 3.84. The van der Waals surface area contributed by atoms with Crippen LogP contribution in [0.15, 0.2) is 24.3 Å². The molecular formula is C17H24N4O7. The number of aromatic hydroxyl groups is 1. The van der Waals surface area contributed by atoms with Gasteiger partial charge in [0.2, 0.25) is 17.7 Å². The fourth-order valence-electron chi connectivity index (χ4n) is 2.24. The zero-order valence-electron chi connectivity index (χ0n) is 15.0. The summed E-state index contributed by atoms with van der Waals surface area (Å²) in [6.07, 6.45) is -0.247. The van der Waals surface area contributed by atoms with Gasteiger partial charge in [0.25, 0.3) is 0 Å². The Morgan fingerprint density at radius 1 is 1.00 bits per heavy atom. The molecule has 3 atom stereocenters. The normalized spacial score (nSPS) is 13.8. The Bertz CT molecular complexity index is 708. The number of benzene rings is 1. The van der Waals surface area contributed by atoms with Gasteiger partial charge in [-0.1, -0.05) is 12.1 Å². The maximum Gasteiger partial charge on any atom is 0.326 e. The molecule has 0 spiro atoms. The Labute approximate surface area is 160 Å². The summed E-state index contributed by atoms with van der Waals surface area (Å²) in [7, 11) is 0. The predicted octanol–water partition coefficient (Wildman–Crippen LogP) is -2.43. The molecule has 0 unspecified atom stereocenters. The number of rotatable bonds is 11. The van der Waals surface area contributed by atoms with E-state index >= 15 is 0 Å². The molecule has 0 saturated carbocycles. The molecule has 0 aliphatic carbocycles. The van der Waals surface area contributed by atoms with Crippen molar-refractivity contribution >= 4 is 23.7 Å². The number of carbonyl (C=O) groups excluding carboxylic acids is 3. The lowest BCUT2D eigenvalue weighted by Crippen LogP contribution is -2.56. The molecule has 1 aromatic carbocycles. The van der Waals surface area contributed by atoms with Crippen LogP contribution in [0.1, 0.15) is 18.4 Å². The lowest BCUT2D eigenvalue weighted by Gasteiger charge is -2.21. The summed E-state index contributed by atoms with van der Waals surface area (Å²) < 4.78 is 0.